The van der Waals surface area contributed by atoms with E-state index < -0.39 is 11.9 Å². The maximum atomic E-state index is 13.5. The molecular formula is C14H14BrFN2O. The van der Waals surface area contributed by atoms with Gasteiger partial charge in [0.25, 0.3) is 0 Å². The Morgan fingerprint density at radius 2 is 2.11 bits per heavy atom. The lowest BCUT2D eigenvalue weighted by molar-refractivity contribution is 0.147. The second-order valence-electron chi connectivity index (χ2n) is 4.25. The zero-order valence-electron chi connectivity index (χ0n) is 10.1. The maximum absolute atomic E-state index is 13.5. The van der Waals surface area contributed by atoms with E-state index in [-0.39, 0.29) is 12.5 Å². The van der Waals surface area contributed by atoms with Gasteiger partial charge in [0.05, 0.1) is 10.6 Å². The van der Waals surface area contributed by atoms with Gasteiger partial charge in [-0.25, -0.2) is 4.39 Å². The van der Waals surface area contributed by atoms with Crippen LogP contribution in [0.3, 0.4) is 0 Å². The second-order valence-corrected chi connectivity index (χ2v) is 5.10. The van der Waals surface area contributed by atoms with E-state index >= 15 is 0 Å². The number of aromatic nitrogens is 1. The lowest BCUT2D eigenvalue weighted by Crippen LogP contribution is -2.20. The summed E-state index contributed by atoms with van der Waals surface area (Å²) in [5, 5.41) is 10.4. The zero-order chi connectivity index (χ0) is 13.8. The molecule has 100 valence electrons. The molecule has 0 fully saturated rings. The maximum Gasteiger partial charge on any atom is 0.137 e. The first-order valence-electron chi connectivity index (χ1n) is 5.86. The van der Waals surface area contributed by atoms with Gasteiger partial charge in [-0.15, -0.1) is 0 Å². The van der Waals surface area contributed by atoms with E-state index in [1.807, 2.05) is 6.07 Å². The zero-order valence-corrected chi connectivity index (χ0v) is 11.7. The van der Waals surface area contributed by atoms with Crippen LogP contribution in [0.25, 0.3) is 0 Å². The Balaban J connectivity index is 2.30. The standard InChI is InChI=1S/C14H14BrFN2O/c15-12-4-3-9(6-13(12)16)14(19)11(7-17)10-2-1-5-18-8-10/h1-6,8,11,14,19H,7,17H2. The van der Waals surface area contributed by atoms with Gasteiger partial charge in [0.15, 0.2) is 0 Å². The Labute approximate surface area is 119 Å². The van der Waals surface area contributed by atoms with E-state index in [0.717, 1.165) is 5.56 Å². The molecule has 3 N–H and O–H groups in total. The van der Waals surface area contributed by atoms with Crippen LogP contribution in [0.15, 0.2) is 47.2 Å². The molecule has 5 heteroatoms. The number of aliphatic hydroxyl groups is 1. The van der Waals surface area contributed by atoms with Crippen LogP contribution in [0, 0.1) is 5.82 Å². The van der Waals surface area contributed by atoms with Crippen molar-refractivity contribution >= 4 is 15.9 Å². The topological polar surface area (TPSA) is 59.1 Å². The molecule has 0 radical (unpaired) electrons. The predicted molar refractivity (Wildman–Crippen MR) is 75.1 cm³/mol. The summed E-state index contributed by atoms with van der Waals surface area (Å²) in [5.41, 5.74) is 7.05. The van der Waals surface area contributed by atoms with Gasteiger partial charge < -0.3 is 10.8 Å². The van der Waals surface area contributed by atoms with Crippen LogP contribution in [-0.2, 0) is 0 Å². The largest absolute Gasteiger partial charge is 0.388 e. The van der Waals surface area contributed by atoms with E-state index in [4.69, 9.17) is 5.73 Å². The first-order valence-corrected chi connectivity index (χ1v) is 6.65. The molecule has 0 aliphatic heterocycles. The molecule has 2 aromatic rings. The molecule has 0 amide bonds. The van der Waals surface area contributed by atoms with Crippen LogP contribution < -0.4 is 5.73 Å². The summed E-state index contributed by atoms with van der Waals surface area (Å²) in [6.07, 6.45) is 2.45. The summed E-state index contributed by atoms with van der Waals surface area (Å²) >= 11 is 3.09. The van der Waals surface area contributed by atoms with E-state index in [0.29, 0.717) is 10.0 Å². The van der Waals surface area contributed by atoms with Crippen LogP contribution in [0.5, 0.6) is 0 Å². The third-order valence-electron chi connectivity index (χ3n) is 3.03. The van der Waals surface area contributed by atoms with Crippen molar-refractivity contribution < 1.29 is 9.50 Å². The van der Waals surface area contributed by atoms with Crippen molar-refractivity contribution in [2.24, 2.45) is 5.73 Å². The number of nitrogens with zero attached hydrogens (tertiary/aromatic N) is 1. The van der Waals surface area contributed by atoms with Gasteiger partial charge in [-0.2, -0.15) is 0 Å². The molecule has 2 atom stereocenters. The van der Waals surface area contributed by atoms with Crippen molar-refractivity contribution in [3.05, 3.63) is 64.1 Å². The summed E-state index contributed by atoms with van der Waals surface area (Å²) in [7, 11) is 0. The Hall–Kier alpha value is -1.30. The molecule has 0 saturated carbocycles. The van der Waals surface area contributed by atoms with Gasteiger partial charge in [-0.3, -0.25) is 4.98 Å². The molecule has 0 bridgehead atoms. The first-order chi connectivity index (χ1) is 9.13. The number of nitrogens with two attached hydrogens (primary N) is 1. The number of benzene rings is 1. The van der Waals surface area contributed by atoms with Crippen LogP contribution in [0.2, 0.25) is 0 Å². The number of hydrogen-bond acceptors (Lipinski definition) is 3. The molecule has 3 nitrogen and oxygen atoms in total. The summed E-state index contributed by atoms with van der Waals surface area (Å²) < 4.78 is 13.9. The summed E-state index contributed by atoms with van der Waals surface area (Å²) in [4.78, 5) is 4.01. The Kier molecular flexibility index (Phi) is 4.63. The normalized spacial score (nSPS) is 14.1. The molecule has 2 rings (SSSR count). The molecule has 0 aliphatic carbocycles. The molecular weight excluding hydrogens is 311 g/mol. The third kappa shape index (κ3) is 3.18. The lowest BCUT2D eigenvalue weighted by atomic mass is 9.90. The lowest BCUT2D eigenvalue weighted by Gasteiger charge is -2.22. The number of hydrogen-bond donors (Lipinski definition) is 2. The van der Waals surface area contributed by atoms with Crippen LogP contribution in [0.4, 0.5) is 4.39 Å². The van der Waals surface area contributed by atoms with Crippen LogP contribution >= 0.6 is 15.9 Å². The van der Waals surface area contributed by atoms with E-state index in [1.165, 1.54) is 6.07 Å². The highest BCUT2D eigenvalue weighted by Gasteiger charge is 2.22. The van der Waals surface area contributed by atoms with Crippen molar-refractivity contribution in [1.82, 2.24) is 4.98 Å². The Morgan fingerprint density at radius 3 is 2.68 bits per heavy atom. The highest BCUT2D eigenvalue weighted by atomic mass is 79.9. The minimum atomic E-state index is -0.864. The van der Waals surface area contributed by atoms with Crippen molar-refractivity contribution in [2.45, 2.75) is 12.0 Å². The fourth-order valence-corrected chi connectivity index (χ4v) is 2.22. The minimum Gasteiger partial charge on any atom is -0.388 e. The summed E-state index contributed by atoms with van der Waals surface area (Å²) in [6, 6.07) is 8.20. The predicted octanol–water partition coefficient (Wildman–Crippen LogP) is 2.76. The second kappa shape index (κ2) is 6.23. The van der Waals surface area contributed by atoms with Crippen molar-refractivity contribution in [3.8, 4) is 0 Å². The molecule has 19 heavy (non-hydrogen) atoms. The fourth-order valence-electron chi connectivity index (χ4n) is 1.97. The van der Waals surface area contributed by atoms with Crippen molar-refractivity contribution in [3.63, 3.8) is 0 Å². The number of pyridine rings is 1. The highest BCUT2D eigenvalue weighted by Crippen LogP contribution is 2.31. The van der Waals surface area contributed by atoms with E-state index in [1.54, 1.807) is 30.6 Å². The van der Waals surface area contributed by atoms with E-state index in [2.05, 4.69) is 20.9 Å². The number of rotatable bonds is 4. The van der Waals surface area contributed by atoms with Crippen molar-refractivity contribution in [1.29, 1.82) is 0 Å². The average molecular weight is 325 g/mol. The SMILES string of the molecule is NCC(c1cccnc1)C(O)c1ccc(Br)c(F)c1. The third-order valence-corrected chi connectivity index (χ3v) is 3.68. The number of aliphatic hydroxyl groups excluding tert-OH is 1. The molecule has 0 aliphatic rings. The summed E-state index contributed by atoms with van der Waals surface area (Å²) in [5.74, 6) is -0.715. The smallest absolute Gasteiger partial charge is 0.137 e. The van der Waals surface area contributed by atoms with Gasteiger partial charge in [0.1, 0.15) is 5.82 Å². The number of halogens is 2. The summed E-state index contributed by atoms with van der Waals surface area (Å²) in [6.45, 7) is 0.255. The molecule has 1 aromatic heterocycles. The van der Waals surface area contributed by atoms with Gasteiger partial charge in [0.2, 0.25) is 0 Å². The first kappa shape index (κ1) is 14.1. The quantitative estimate of drug-likeness (QED) is 0.909. The van der Waals surface area contributed by atoms with Crippen LogP contribution in [-0.4, -0.2) is 16.6 Å². The van der Waals surface area contributed by atoms with Crippen LogP contribution in [0.1, 0.15) is 23.1 Å². The molecule has 0 spiro atoms. The monoisotopic (exact) mass is 324 g/mol. The van der Waals surface area contributed by atoms with Gasteiger partial charge in [0, 0.05) is 24.9 Å². The average Bonchev–Trinajstić information content (AvgIpc) is 2.44. The molecule has 0 saturated heterocycles. The minimum absolute atomic E-state index is 0.255. The fraction of sp³-hybridized carbons (Fsp3) is 0.214. The Bertz CT molecular complexity index is 550. The van der Waals surface area contributed by atoms with Gasteiger partial charge in [-0.1, -0.05) is 12.1 Å². The van der Waals surface area contributed by atoms with Gasteiger partial charge in [-0.05, 0) is 45.3 Å². The molecule has 2 unspecified atom stereocenters. The Morgan fingerprint density at radius 1 is 1.32 bits per heavy atom. The van der Waals surface area contributed by atoms with Gasteiger partial charge >= 0.3 is 0 Å². The molecule has 1 heterocycles. The molecule has 1 aromatic carbocycles. The highest BCUT2D eigenvalue weighted by molar-refractivity contribution is 9.10. The van der Waals surface area contributed by atoms with Crippen molar-refractivity contribution in [2.75, 3.05) is 6.54 Å². The van der Waals surface area contributed by atoms with E-state index in [9.17, 15) is 9.50 Å².